The average molecular weight is 312 g/mol. The molecule has 3 aromatic rings. The Bertz CT molecular complexity index is 743. The number of likely N-dealkylation sites (tertiary alicyclic amines) is 1. The van der Waals surface area contributed by atoms with E-state index in [1.807, 2.05) is 6.92 Å². The Morgan fingerprint density at radius 3 is 3.00 bits per heavy atom. The molecule has 1 fully saturated rings. The third-order valence-corrected chi connectivity index (χ3v) is 5.25. The van der Waals surface area contributed by atoms with E-state index >= 15 is 0 Å². The second-order valence-electron chi connectivity index (χ2n) is 6.01. The number of para-hydroxylation sites is 1. The van der Waals surface area contributed by atoms with E-state index in [9.17, 15) is 0 Å². The van der Waals surface area contributed by atoms with Crippen molar-refractivity contribution in [1.29, 1.82) is 0 Å². The first-order valence-electron chi connectivity index (χ1n) is 7.90. The van der Waals surface area contributed by atoms with Crippen LogP contribution in [0.5, 0.6) is 0 Å². The Morgan fingerprint density at radius 1 is 1.27 bits per heavy atom. The summed E-state index contributed by atoms with van der Waals surface area (Å²) in [6, 6.07) is 11.3. The minimum Gasteiger partial charge on any atom is -0.357 e. The van der Waals surface area contributed by atoms with Crippen LogP contribution in [0.25, 0.3) is 10.9 Å². The summed E-state index contributed by atoms with van der Waals surface area (Å²) in [6.07, 6.45) is 3.78. The third kappa shape index (κ3) is 2.66. The van der Waals surface area contributed by atoms with Crippen LogP contribution in [0.1, 0.15) is 41.0 Å². The molecule has 1 saturated heterocycles. The maximum absolute atomic E-state index is 4.30. The fraction of sp³-hybridized carbons (Fsp3) is 0.412. The zero-order valence-corrected chi connectivity index (χ0v) is 13.6. The number of aromatic amines is 1. The van der Waals surface area contributed by atoms with Gasteiger partial charge in [-0.25, -0.2) is 0 Å². The van der Waals surface area contributed by atoms with Crippen molar-refractivity contribution in [1.82, 2.24) is 20.1 Å². The van der Waals surface area contributed by atoms with Crippen molar-refractivity contribution in [2.24, 2.45) is 0 Å². The first-order valence-corrected chi connectivity index (χ1v) is 8.72. The lowest BCUT2D eigenvalue weighted by molar-refractivity contribution is 0.137. The van der Waals surface area contributed by atoms with Crippen molar-refractivity contribution in [3.8, 4) is 0 Å². The zero-order valence-electron chi connectivity index (χ0n) is 12.7. The molecule has 1 atom stereocenters. The normalized spacial score (nSPS) is 19.8. The first kappa shape index (κ1) is 13.9. The minimum atomic E-state index is 0.463. The van der Waals surface area contributed by atoms with Gasteiger partial charge in [0.1, 0.15) is 10.0 Å². The molecular formula is C17H20N4S. The molecule has 4 rings (SSSR count). The van der Waals surface area contributed by atoms with Crippen molar-refractivity contribution in [3.05, 3.63) is 46.0 Å². The maximum Gasteiger partial charge on any atom is 0.131 e. The Hall–Kier alpha value is -1.72. The molecule has 0 saturated carbocycles. The number of hydrogen-bond donors (Lipinski definition) is 1. The van der Waals surface area contributed by atoms with Crippen LogP contribution in [-0.2, 0) is 6.54 Å². The Labute approximate surface area is 134 Å². The van der Waals surface area contributed by atoms with Crippen LogP contribution in [0, 0.1) is 6.92 Å². The Balaban J connectivity index is 1.62. The molecular weight excluding hydrogens is 292 g/mol. The second kappa shape index (κ2) is 5.82. The fourth-order valence-corrected chi connectivity index (χ4v) is 4.12. The molecule has 1 aliphatic rings. The molecule has 5 heteroatoms. The summed E-state index contributed by atoms with van der Waals surface area (Å²) in [7, 11) is 0. The lowest BCUT2D eigenvalue weighted by Gasteiger charge is -2.34. The highest BCUT2D eigenvalue weighted by atomic mass is 32.1. The highest BCUT2D eigenvalue weighted by Crippen LogP contribution is 2.33. The molecule has 22 heavy (non-hydrogen) atoms. The van der Waals surface area contributed by atoms with Gasteiger partial charge in [0.05, 0.1) is 12.6 Å². The molecule has 1 aliphatic heterocycles. The number of piperidine rings is 1. The maximum atomic E-state index is 4.30. The van der Waals surface area contributed by atoms with Crippen molar-refractivity contribution in [2.75, 3.05) is 6.54 Å². The van der Waals surface area contributed by atoms with Gasteiger partial charge in [-0.05, 0) is 43.8 Å². The zero-order chi connectivity index (χ0) is 14.9. The number of rotatable bonds is 3. The standard InChI is InChI=1S/C17H20N4S/c1-12-19-20-17(22-12)11-21-9-5-4-8-16(21)15-10-13-6-2-3-7-14(13)18-15/h2-3,6-7,10,16,18H,4-5,8-9,11H2,1H3. The summed E-state index contributed by atoms with van der Waals surface area (Å²) in [6.45, 7) is 4.07. The lowest BCUT2D eigenvalue weighted by atomic mass is 9.99. The predicted molar refractivity (Wildman–Crippen MR) is 89.9 cm³/mol. The van der Waals surface area contributed by atoms with E-state index in [-0.39, 0.29) is 0 Å². The Kier molecular flexibility index (Phi) is 3.68. The summed E-state index contributed by atoms with van der Waals surface area (Å²) in [4.78, 5) is 6.16. The van der Waals surface area contributed by atoms with Gasteiger partial charge >= 0.3 is 0 Å². The molecule has 1 N–H and O–H groups in total. The highest BCUT2D eigenvalue weighted by Gasteiger charge is 2.26. The Morgan fingerprint density at radius 2 is 2.18 bits per heavy atom. The van der Waals surface area contributed by atoms with E-state index in [1.165, 1.54) is 35.9 Å². The number of aryl methyl sites for hydroxylation is 1. The minimum absolute atomic E-state index is 0.463. The number of nitrogens with one attached hydrogen (secondary N) is 1. The fourth-order valence-electron chi connectivity index (χ4n) is 3.38. The van der Waals surface area contributed by atoms with E-state index in [1.54, 1.807) is 11.3 Å². The molecule has 4 nitrogen and oxygen atoms in total. The first-order chi connectivity index (χ1) is 10.8. The van der Waals surface area contributed by atoms with Gasteiger partial charge in [-0.2, -0.15) is 0 Å². The highest BCUT2D eigenvalue weighted by molar-refractivity contribution is 7.11. The van der Waals surface area contributed by atoms with Crippen LogP contribution < -0.4 is 0 Å². The molecule has 0 bridgehead atoms. The van der Waals surface area contributed by atoms with Crippen molar-refractivity contribution in [3.63, 3.8) is 0 Å². The smallest absolute Gasteiger partial charge is 0.131 e. The van der Waals surface area contributed by atoms with Gasteiger partial charge in [0.25, 0.3) is 0 Å². The van der Waals surface area contributed by atoms with E-state index in [0.29, 0.717) is 6.04 Å². The molecule has 0 aliphatic carbocycles. The molecule has 0 amide bonds. The molecule has 1 aromatic carbocycles. The predicted octanol–water partition coefficient (Wildman–Crippen LogP) is 4.06. The van der Waals surface area contributed by atoms with Gasteiger partial charge in [-0.3, -0.25) is 4.90 Å². The number of aromatic nitrogens is 3. The van der Waals surface area contributed by atoms with Crippen LogP contribution in [0.3, 0.4) is 0 Å². The SMILES string of the molecule is Cc1nnc(CN2CCCCC2c2cc3ccccc3[nH]2)s1. The van der Waals surface area contributed by atoms with Crippen LogP contribution in [0.15, 0.2) is 30.3 Å². The van der Waals surface area contributed by atoms with Gasteiger partial charge in [-0.15, -0.1) is 21.5 Å². The summed E-state index contributed by atoms with van der Waals surface area (Å²) < 4.78 is 0. The van der Waals surface area contributed by atoms with E-state index in [2.05, 4.69) is 50.4 Å². The molecule has 0 radical (unpaired) electrons. The van der Waals surface area contributed by atoms with Gasteiger partial charge in [-0.1, -0.05) is 24.6 Å². The number of H-pyrrole nitrogens is 1. The topological polar surface area (TPSA) is 44.8 Å². The van der Waals surface area contributed by atoms with Crippen LogP contribution in [0.4, 0.5) is 0 Å². The number of benzene rings is 1. The van der Waals surface area contributed by atoms with Gasteiger partial charge in [0.2, 0.25) is 0 Å². The quantitative estimate of drug-likeness (QED) is 0.793. The van der Waals surface area contributed by atoms with Crippen molar-refractivity contribution in [2.45, 2.75) is 38.8 Å². The van der Waals surface area contributed by atoms with Crippen molar-refractivity contribution < 1.29 is 0 Å². The summed E-state index contributed by atoms with van der Waals surface area (Å²) >= 11 is 1.71. The molecule has 3 heterocycles. The molecule has 0 spiro atoms. The van der Waals surface area contributed by atoms with E-state index in [0.717, 1.165) is 23.1 Å². The second-order valence-corrected chi connectivity index (χ2v) is 7.27. The van der Waals surface area contributed by atoms with Crippen LogP contribution in [-0.4, -0.2) is 26.6 Å². The van der Waals surface area contributed by atoms with Crippen molar-refractivity contribution >= 4 is 22.2 Å². The van der Waals surface area contributed by atoms with Gasteiger partial charge in [0.15, 0.2) is 0 Å². The molecule has 114 valence electrons. The van der Waals surface area contributed by atoms with E-state index < -0.39 is 0 Å². The average Bonchev–Trinajstić information content (AvgIpc) is 3.14. The van der Waals surface area contributed by atoms with E-state index in [4.69, 9.17) is 0 Å². The summed E-state index contributed by atoms with van der Waals surface area (Å²) in [5.41, 5.74) is 2.57. The monoisotopic (exact) mass is 312 g/mol. The molecule has 2 aromatic heterocycles. The van der Waals surface area contributed by atoms with Gasteiger partial charge < -0.3 is 4.98 Å². The molecule has 1 unspecified atom stereocenters. The number of nitrogens with zero attached hydrogens (tertiary/aromatic N) is 3. The van der Waals surface area contributed by atoms with Gasteiger partial charge in [0, 0.05) is 11.2 Å². The van der Waals surface area contributed by atoms with Crippen LogP contribution >= 0.6 is 11.3 Å². The lowest BCUT2D eigenvalue weighted by Crippen LogP contribution is -2.33. The van der Waals surface area contributed by atoms with Crippen LogP contribution in [0.2, 0.25) is 0 Å². The summed E-state index contributed by atoms with van der Waals surface area (Å²) in [5.74, 6) is 0. The largest absolute Gasteiger partial charge is 0.357 e. The number of hydrogen-bond acceptors (Lipinski definition) is 4. The third-order valence-electron chi connectivity index (χ3n) is 4.43. The number of fused-ring (bicyclic) bond motifs is 1. The summed E-state index contributed by atoms with van der Waals surface area (Å²) in [5, 5.41) is 11.9.